The number of unbranched alkanes of at least 4 members (excludes halogenated alkanes) is 21. The number of allylic oxidation sites excluding steroid dienone is 2. The Morgan fingerprint density at radius 3 is 1.49 bits per heavy atom. The molecule has 10 nitrogen and oxygen atoms in total. The lowest BCUT2D eigenvalue weighted by atomic mass is 10.1. The molecule has 0 heterocycles. The van der Waals surface area contributed by atoms with Gasteiger partial charge in [-0.05, 0) is 38.5 Å². The van der Waals surface area contributed by atoms with E-state index in [9.17, 15) is 24.2 Å². The smallest absolute Gasteiger partial charge is 0.462 e. The van der Waals surface area contributed by atoms with E-state index in [-0.39, 0.29) is 19.4 Å². The monoisotopic (exact) mass is 720 g/mol. The van der Waals surface area contributed by atoms with Gasteiger partial charge >= 0.3 is 19.8 Å². The van der Waals surface area contributed by atoms with E-state index in [1.807, 2.05) is 0 Å². The van der Waals surface area contributed by atoms with Crippen molar-refractivity contribution in [1.29, 1.82) is 0 Å². The third kappa shape index (κ3) is 34.9. The summed E-state index contributed by atoms with van der Waals surface area (Å²) < 4.78 is 32.5. The number of carbonyl (C=O) groups is 2. The standard InChI is InChI=1S/C38H73O10P/c1-3-5-7-9-11-13-14-15-16-17-18-19-20-22-23-25-27-29-37(41)45-33-36(34-47-49(43,44)46-32-35(40)31-39)48-38(42)30-28-26-24-21-12-10-8-6-4-2/h13-14,35-36,39-40H,3-12,15-34H2,1-2H3,(H,43,44)/b14-13+/t35-,36+/m1/s1. The Morgan fingerprint density at radius 2 is 1.00 bits per heavy atom. The van der Waals surface area contributed by atoms with Gasteiger partial charge in [0.15, 0.2) is 6.10 Å². The van der Waals surface area contributed by atoms with E-state index in [0.717, 1.165) is 38.5 Å². The van der Waals surface area contributed by atoms with Crippen LogP contribution in [0.2, 0.25) is 0 Å². The molecule has 0 aliphatic heterocycles. The lowest BCUT2D eigenvalue weighted by Crippen LogP contribution is -2.29. The van der Waals surface area contributed by atoms with Crippen molar-refractivity contribution in [2.45, 2.75) is 193 Å². The largest absolute Gasteiger partial charge is 0.472 e. The molecule has 0 aromatic heterocycles. The Hall–Kier alpha value is -1.29. The van der Waals surface area contributed by atoms with Crippen molar-refractivity contribution in [3.8, 4) is 0 Å². The van der Waals surface area contributed by atoms with Gasteiger partial charge < -0.3 is 24.6 Å². The number of ether oxygens (including phenoxy) is 2. The van der Waals surface area contributed by atoms with Gasteiger partial charge in [-0.1, -0.05) is 142 Å². The topological polar surface area (TPSA) is 149 Å². The first-order valence-electron chi connectivity index (χ1n) is 19.6. The summed E-state index contributed by atoms with van der Waals surface area (Å²) in [6.45, 7) is 2.34. The molecule has 0 bridgehead atoms. The second kappa shape index (κ2) is 35.1. The van der Waals surface area contributed by atoms with E-state index in [1.54, 1.807) is 0 Å². The van der Waals surface area contributed by atoms with Crippen LogP contribution < -0.4 is 0 Å². The number of rotatable bonds is 37. The highest BCUT2D eigenvalue weighted by atomic mass is 31.2. The average Bonchev–Trinajstić information content (AvgIpc) is 3.09. The predicted molar refractivity (Wildman–Crippen MR) is 196 cm³/mol. The normalized spacial score (nSPS) is 14.1. The molecule has 3 N–H and O–H groups in total. The molecule has 0 aromatic carbocycles. The van der Waals surface area contributed by atoms with Gasteiger partial charge in [0, 0.05) is 12.8 Å². The number of phosphoric acid groups is 1. The summed E-state index contributed by atoms with van der Waals surface area (Å²) in [5.41, 5.74) is 0. The minimum absolute atomic E-state index is 0.187. The van der Waals surface area contributed by atoms with Crippen LogP contribution in [0.1, 0.15) is 181 Å². The van der Waals surface area contributed by atoms with Gasteiger partial charge in [0.05, 0.1) is 19.8 Å². The summed E-state index contributed by atoms with van der Waals surface area (Å²) in [7, 11) is -4.60. The third-order valence-corrected chi connectivity index (χ3v) is 9.37. The average molecular weight is 721 g/mol. The van der Waals surface area contributed by atoms with Crippen LogP contribution >= 0.6 is 7.82 Å². The number of carbonyl (C=O) groups excluding carboxylic acids is 2. The van der Waals surface area contributed by atoms with Gasteiger partial charge in [0.2, 0.25) is 0 Å². The number of esters is 2. The summed E-state index contributed by atoms with van der Waals surface area (Å²) >= 11 is 0. The van der Waals surface area contributed by atoms with Crippen LogP contribution in [0.4, 0.5) is 0 Å². The summed E-state index contributed by atoms with van der Waals surface area (Å²) in [5.74, 6) is -0.925. The lowest BCUT2D eigenvalue weighted by Gasteiger charge is -2.20. The van der Waals surface area contributed by atoms with Crippen molar-refractivity contribution in [2.24, 2.45) is 0 Å². The fraction of sp³-hybridized carbons (Fsp3) is 0.895. The predicted octanol–water partition coefficient (Wildman–Crippen LogP) is 9.67. The molecule has 0 spiro atoms. The number of phosphoric ester groups is 1. The van der Waals surface area contributed by atoms with Gasteiger partial charge in [0.25, 0.3) is 0 Å². The van der Waals surface area contributed by atoms with E-state index < -0.39 is 51.8 Å². The molecular formula is C38H73O10P. The minimum Gasteiger partial charge on any atom is -0.462 e. The lowest BCUT2D eigenvalue weighted by molar-refractivity contribution is -0.161. The van der Waals surface area contributed by atoms with Crippen molar-refractivity contribution in [3.05, 3.63) is 12.2 Å². The van der Waals surface area contributed by atoms with Gasteiger partial charge in [-0.25, -0.2) is 4.57 Å². The van der Waals surface area contributed by atoms with E-state index in [4.69, 9.17) is 19.1 Å². The summed E-state index contributed by atoms with van der Waals surface area (Å²) in [6, 6.07) is 0. The van der Waals surface area contributed by atoms with E-state index in [2.05, 4.69) is 30.5 Å². The molecule has 0 aromatic rings. The molecule has 11 heteroatoms. The molecule has 0 rings (SSSR count). The maximum atomic E-state index is 12.5. The number of hydrogen-bond acceptors (Lipinski definition) is 9. The van der Waals surface area contributed by atoms with Crippen molar-refractivity contribution in [1.82, 2.24) is 0 Å². The van der Waals surface area contributed by atoms with E-state index >= 15 is 0 Å². The number of aliphatic hydroxyl groups excluding tert-OH is 2. The molecular weight excluding hydrogens is 647 g/mol. The molecule has 0 aliphatic carbocycles. The highest BCUT2D eigenvalue weighted by Gasteiger charge is 2.27. The van der Waals surface area contributed by atoms with E-state index in [0.29, 0.717) is 12.8 Å². The molecule has 0 fully saturated rings. The Kier molecular flexibility index (Phi) is 34.2. The molecule has 1 unspecified atom stereocenters. The van der Waals surface area contributed by atoms with Gasteiger partial charge in [-0.2, -0.15) is 0 Å². The SMILES string of the molecule is CCCCCC/C=C/CCCCCCCCCCCC(=O)OC[C@@H](COP(=O)(O)OC[C@H](O)CO)OC(=O)CCCCCCCCCCC. The van der Waals surface area contributed by atoms with E-state index in [1.165, 1.54) is 103 Å². The highest BCUT2D eigenvalue weighted by molar-refractivity contribution is 7.47. The zero-order chi connectivity index (χ0) is 36.3. The zero-order valence-electron chi connectivity index (χ0n) is 31.2. The van der Waals surface area contributed by atoms with Crippen molar-refractivity contribution in [2.75, 3.05) is 26.4 Å². The molecule has 49 heavy (non-hydrogen) atoms. The Balaban J connectivity index is 4.25. The van der Waals surface area contributed by atoms with Crippen LogP contribution in [0.3, 0.4) is 0 Å². The van der Waals surface area contributed by atoms with Gasteiger partial charge in [-0.15, -0.1) is 0 Å². The molecule has 0 saturated heterocycles. The highest BCUT2D eigenvalue weighted by Crippen LogP contribution is 2.43. The molecule has 0 aliphatic rings. The molecule has 0 saturated carbocycles. The first-order valence-corrected chi connectivity index (χ1v) is 21.1. The fourth-order valence-corrected chi connectivity index (χ4v) is 6.13. The van der Waals surface area contributed by atoms with Crippen molar-refractivity contribution < 1.29 is 47.8 Å². The minimum atomic E-state index is -4.60. The van der Waals surface area contributed by atoms with Crippen LogP contribution in [-0.4, -0.2) is 65.7 Å². The maximum Gasteiger partial charge on any atom is 0.472 e. The summed E-state index contributed by atoms with van der Waals surface area (Å²) in [5, 5.41) is 18.2. The first-order chi connectivity index (χ1) is 23.7. The molecule has 3 atom stereocenters. The number of hydrogen-bond donors (Lipinski definition) is 3. The first kappa shape index (κ1) is 47.7. The van der Waals surface area contributed by atoms with Gasteiger partial charge in [0.1, 0.15) is 12.7 Å². The van der Waals surface area contributed by atoms with Crippen LogP contribution in [0.15, 0.2) is 12.2 Å². The van der Waals surface area contributed by atoms with Crippen LogP contribution in [0, 0.1) is 0 Å². The second-order valence-corrected chi connectivity index (χ2v) is 14.8. The van der Waals surface area contributed by atoms with Crippen molar-refractivity contribution in [3.63, 3.8) is 0 Å². The number of aliphatic hydroxyl groups is 2. The zero-order valence-corrected chi connectivity index (χ0v) is 32.1. The molecule has 0 radical (unpaired) electrons. The second-order valence-electron chi connectivity index (χ2n) is 13.3. The maximum absolute atomic E-state index is 12.5. The summed E-state index contributed by atoms with van der Waals surface area (Å²) in [4.78, 5) is 34.8. The Labute approximate surface area is 298 Å². The molecule has 290 valence electrons. The fourth-order valence-electron chi connectivity index (χ4n) is 5.34. The third-order valence-electron chi connectivity index (χ3n) is 8.42. The summed E-state index contributed by atoms with van der Waals surface area (Å²) in [6.07, 6.45) is 30.5. The molecule has 0 amide bonds. The Bertz CT molecular complexity index is 837. The van der Waals surface area contributed by atoms with Gasteiger partial charge in [-0.3, -0.25) is 18.6 Å². The van der Waals surface area contributed by atoms with Crippen LogP contribution in [0.25, 0.3) is 0 Å². The van der Waals surface area contributed by atoms with Crippen LogP contribution in [0.5, 0.6) is 0 Å². The van der Waals surface area contributed by atoms with Crippen molar-refractivity contribution >= 4 is 19.8 Å². The van der Waals surface area contributed by atoms with Crippen LogP contribution in [-0.2, 0) is 32.7 Å². The quantitative estimate of drug-likeness (QED) is 0.0245. The Morgan fingerprint density at radius 1 is 0.592 bits per heavy atom.